The van der Waals surface area contributed by atoms with Gasteiger partial charge in [-0.1, -0.05) is 31.4 Å². The van der Waals surface area contributed by atoms with E-state index in [-0.39, 0.29) is 6.61 Å². The fourth-order valence-electron chi connectivity index (χ4n) is 4.02. The van der Waals surface area contributed by atoms with Crippen molar-refractivity contribution < 1.29 is 19.4 Å². The number of aliphatic hydroxyl groups is 2. The summed E-state index contributed by atoms with van der Waals surface area (Å²) in [5, 5.41) is 24.2. The highest BCUT2D eigenvalue weighted by molar-refractivity contribution is 14.1. The van der Waals surface area contributed by atoms with E-state index < -0.39 is 18.4 Å². The van der Waals surface area contributed by atoms with Gasteiger partial charge >= 0.3 is 0 Å². The molecule has 1 aliphatic heterocycles. The summed E-state index contributed by atoms with van der Waals surface area (Å²) < 4.78 is 14.2. The number of anilines is 1. The van der Waals surface area contributed by atoms with Gasteiger partial charge in [-0.2, -0.15) is 0 Å². The Kier molecular flexibility index (Phi) is 7.52. The second-order valence-electron chi connectivity index (χ2n) is 8.52. The molecular formula is C26H26IN5O4. The number of fused-ring (bicyclic) bond motifs is 1. The fraction of sp³-hybridized carbons (Fsp3) is 0.346. The van der Waals surface area contributed by atoms with Crippen LogP contribution in [0.5, 0.6) is 0 Å². The number of halogens is 1. The molecule has 3 aromatic heterocycles. The standard InChI is InChI=1S/C26H26IN5O4/c1-2-3-4-5-11-20-29-23(28-14-16-8-6-9-17(27)13-16)21-25(30-20)32(26-22(34)18(33)15-36-26)24(31-21)19-10-7-12-35-19/h6-10,12-13,18,22,26,33-34H,2-4,14-15H2,1H3,(H,28,29,30)/t18-,22-,26-/m1/s1. The third kappa shape index (κ3) is 5.10. The molecule has 0 saturated carbocycles. The van der Waals surface area contributed by atoms with E-state index in [1.165, 1.54) is 0 Å². The number of aliphatic hydroxyl groups excluding tert-OH is 2. The number of hydrogen-bond acceptors (Lipinski definition) is 8. The van der Waals surface area contributed by atoms with Crippen molar-refractivity contribution >= 4 is 39.6 Å². The largest absolute Gasteiger partial charge is 0.461 e. The van der Waals surface area contributed by atoms with Crippen LogP contribution in [0, 0.1) is 15.4 Å². The molecule has 9 nitrogen and oxygen atoms in total. The molecule has 36 heavy (non-hydrogen) atoms. The maximum absolute atomic E-state index is 10.7. The van der Waals surface area contributed by atoms with Gasteiger partial charge in [0.15, 0.2) is 34.8 Å². The summed E-state index contributed by atoms with van der Waals surface area (Å²) in [5.41, 5.74) is 2.01. The average molecular weight is 599 g/mol. The Labute approximate surface area is 222 Å². The molecule has 10 heteroatoms. The Morgan fingerprint density at radius 2 is 2.08 bits per heavy atom. The minimum atomic E-state index is -1.16. The zero-order valence-corrected chi connectivity index (χ0v) is 21.8. The number of hydrogen-bond donors (Lipinski definition) is 3. The number of nitrogens with one attached hydrogen (secondary N) is 1. The molecule has 0 unspecified atom stereocenters. The van der Waals surface area contributed by atoms with Gasteiger partial charge in [-0.05, 0) is 64.8 Å². The predicted octanol–water partition coefficient (Wildman–Crippen LogP) is 4.10. The van der Waals surface area contributed by atoms with Gasteiger partial charge in [0, 0.05) is 16.5 Å². The topological polar surface area (TPSA) is 118 Å². The van der Waals surface area contributed by atoms with Crippen LogP contribution in [0.25, 0.3) is 22.7 Å². The molecule has 1 saturated heterocycles. The number of rotatable bonds is 7. The number of unbranched alkanes of at least 4 members (excludes halogenated alkanes) is 2. The Morgan fingerprint density at radius 1 is 1.19 bits per heavy atom. The molecule has 0 amide bonds. The molecule has 0 aliphatic carbocycles. The van der Waals surface area contributed by atoms with Crippen molar-refractivity contribution in [1.82, 2.24) is 19.5 Å². The summed E-state index contributed by atoms with van der Waals surface area (Å²) in [4.78, 5) is 14.2. The summed E-state index contributed by atoms with van der Waals surface area (Å²) in [6.07, 6.45) is 1.26. The first kappa shape index (κ1) is 24.7. The Morgan fingerprint density at radius 3 is 2.81 bits per heavy atom. The first-order valence-corrected chi connectivity index (χ1v) is 12.9. The fourth-order valence-corrected chi connectivity index (χ4v) is 4.63. The minimum absolute atomic E-state index is 0.00435. The lowest BCUT2D eigenvalue weighted by molar-refractivity contribution is -0.0154. The molecule has 1 aliphatic rings. The summed E-state index contributed by atoms with van der Waals surface area (Å²) in [6, 6.07) is 11.7. The van der Waals surface area contributed by atoms with Crippen LogP contribution in [0.4, 0.5) is 5.82 Å². The van der Waals surface area contributed by atoms with Gasteiger partial charge in [0.2, 0.25) is 5.82 Å². The number of benzene rings is 1. The predicted molar refractivity (Wildman–Crippen MR) is 143 cm³/mol. The first-order chi connectivity index (χ1) is 17.5. The van der Waals surface area contributed by atoms with E-state index in [0.717, 1.165) is 28.4 Å². The van der Waals surface area contributed by atoms with Gasteiger partial charge in [-0.25, -0.2) is 15.0 Å². The quantitative estimate of drug-likeness (QED) is 0.165. The summed E-state index contributed by atoms with van der Waals surface area (Å²) >= 11 is 2.28. The number of imidazole rings is 1. The van der Waals surface area contributed by atoms with Crippen molar-refractivity contribution in [1.29, 1.82) is 0 Å². The van der Waals surface area contributed by atoms with Crippen LogP contribution in [0.1, 0.15) is 43.8 Å². The third-order valence-electron chi connectivity index (χ3n) is 5.86. The average Bonchev–Trinajstić information content (AvgIpc) is 3.60. The maximum Gasteiger partial charge on any atom is 0.208 e. The van der Waals surface area contributed by atoms with Crippen molar-refractivity contribution in [3.8, 4) is 23.4 Å². The molecule has 186 valence electrons. The highest BCUT2D eigenvalue weighted by Crippen LogP contribution is 2.35. The van der Waals surface area contributed by atoms with Crippen LogP contribution in [0.2, 0.25) is 0 Å². The van der Waals surface area contributed by atoms with Crippen LogP contribution in [-0.4, -0.2) is 48.5 Å². The molecule has 3 N–H and O–H groups in total. The Balaban J connectivity index is 1.64. The molecular weight excluding hydrogens is 573 g/mol. The van der Waals surface area contributed by atoms with Gasteiger partial charge in [0.25, 0.3) is 0 Å². The van der Waals surface area contributed by atoms with E-state index in [4.69, 9.17) is 19.1 Å². The molecule has 4 aromatic rings. The second kappa shape index (κ2) is 11.0. The second-order valence-corrected chi connectivity index (χ2v) is 9.77. The lowest BCUT2D eigenvalue weighted by atomic mass is 10.2. The lowest BCUT2D eigenvalue weighted by Gasteiger charge is -2.18. The molecule has 4 heterocycles. The SMILES string of the molecule is CCCCC#Cc1nc(NCc2cccc(I)c2)c2nc(-c3ccco3)n([C@@H]3OC[C@@H](O)[C@H]3O)c2n1. The van der Waals surface area contributed by atoms with Crippen LogP contribution >= 0.6 is 22.6 Å². The smallest absolute Gasteiger partial charge is 0.208 e. The van der Waals surface area contributed by atoms with Gasteiger partial charge in [-0.3, -0.25) is 4.57 Å². The third-order valence-corrected chi connectivity index (χ3v) is 6.54. The minimum Gasteiger partial charge on any atom is -0.461 e. The molecule has 1 fully saturated rings. The van der Waals surface area contributed by atoms with E-state index in [9.17, 15) is 10.2 Å². The molecule has 0 bridgehead atoms. The lowest BCUT2D eigenvalue weighted by Crippen LogP contribution is -2.28. The summed E-state index contributed by atoms with van der Waals surface area (Å²) in [5.74, 6) is 7.95. The van der Waals surface area contributed by atoms with E-state index in [2.05, 4.69) is 57.7 Å². The summed E-state index contributed by atoms with van der Waals surface area (Å²) in [7, 11) is 0. The van der Waals surface area contributed by atoms with Crippen LogP contribution in [-0.2, 0) is 11.3 Å². The molecule has 3 atom stereocenters. The number of furan rings is 1. The van der Waals surface area contributed by atoms with E-state index in [1.807, 2.05) is 18.2 Å². The normalized spacial score (nSPS) is 19.4. The van der Waals surface area contributed by atoms with Crippen molar-refractivity contribution in [2.24, 2.45) is 0 Å². The van der Waals surface area contributed by atoms with Gasteiger partial charge in [0.05, 0.1) is 12.9 Å². The Hall–Kier alpha value is -2.98. The zero-order chi connectivity index (χ0) is 25.1. The molecule has 1 aromatic carbocycles. The zero-order valence-electron chi connectivity index (χ0n) is 19.7. The molecule has 0 radical (unpaired) electrons. The van der Waals surface area contributed by atoms with E-state index in [1.54, 1.807) is 23.0 Å². The van der Waals surface area contributed by atoms with Crippen molar-refractivity contribution in [3.05, 3.63) is 57.6 Å². The van der Waals surface area contributed by atoms with Crippen LogP contribution in [0.3, 0.4) is 0 Å². The highest BCUT2D eigenvalue weighted by Gasteiger charge is 2.39. The van der Waals surface area contributed by atoms with Crippen LogP contribution in [0.15, 0.2) is 47.1 Å². The summed E-state index contributed by atoms with van der Waals surface area (Å²) in [6.45, 7) is 2.64. The number of nitrogens with zero attached hydrogens (tertiary/aromatic N) is 4. The maximum atomic E-state index is 10.7. The Bertz CT molecular complexity index is 1410. The monoisotopic (exact) mass is 599 g/mol. The van der Waals surface area contributed by atoms with Crippen molar-refractivity contribution in [3.63, 3.8) is 0 Å². The number of aromatic nitrogens is 4. The van der Waals surface area contributed by atoms with E-state index >= 15 is 0 Å². The highest BCUT2D eigenvalue weighted by atomic mass is 127. The first-order valence-electron chi connectivity index (χ1n) is 11.8. The van der Waals surface area contributed by atoms with Crippen molar-refractivity contribution in [2.45, 2.75) is 51.2 Å². The van der Waals surface area contributed by atoms with Crippen molar-refractivity contribution in [2.75, 3.05) is 11.9 Å². The molecule has 0 spiro atoms. The number of ether oxygens (including phenoxy) is 1. The van der Waals surface area contributed by atoms with E-state index in [0.29, 0.717) is 40.9 Å². The van der Waals surface area contributed by atoms with Crippen LogP contribution < -0.4 is 5.32 Å². The molecule has 5 rings (SSSR count). The van der Waals surface area contributed by atoms with Gasteiger partial charge in [0.1, 0.15) is 12.2 Å². The van der Waals surface area contributed by atoms with Gasteiger partial charge < -0.3 is 24.7 Å². The van der Waals surface area contributed by atoms with Gasteiger partial charge in [-0.15, -0.1) is 0 Å².